The van der Waals surface area contributed by atoms with Crippen LogP contribution in [0, 0.1) is 5.92 Å². The Hall–Kier alpha value is -0.170. The van der Waals surface area contributed by atoms with Crippen LogP contribution < -0.4 is 5.32 Å². The fourth-order valence-electron chi connectivity index (χ4n) is 2.81. The van der Waals surface area contributed by atoms with E-state index in [9.17, 15) is 8.42 Å². The van der Waals surface area contributed by atoms with Gasteiger partial charge in [-0.25, -0.2) is 8.42 Å². The quantitative estimate of drug-likeness (QED) is 0.812. The molecule has 0 saturated carbocycles. The molecule has 2 heterocycles. The SMILES string of the molecule is CC1(C)COCCN1S(=O)(=O)CC1CCCNC1. The standard InChI is InChI=1S/C12H24N2O3S/c1-12(2)10-17-7-6-14(12)18(15,16)9-11-4-3-5-13-8-11/h11,13H,3-10H2,1-2H3. The number of ether oxygens (including phenoxy) is 1. The highest BCUT2D eigenvalue weighted by Crippen LogP contribution is 2.25. The van der Waals surface area contributed by atoms with Crippen molar-refractivity contribution in [2.24, 2.45) is 5.92 Å². The number of hydrogen-bond acceptors (Lipinski definition) is 4. The summed E-state index contributed by atoms with van der Waals surface area (Å²) in [6, 6.07) is 0. The van der Waals surface area contributed by atoms with Crippen molar-refractivity contribution in [1.82, 2.24) is 9.62 Å². The van der Waals surface area contributed by atoms with Crippen molar-refractivity contribution in [3.8, 4) is 0 Å². The molecule has 18 heavy (non-hydrogen) atoms. The lowest BCUT2D eigenvalue weighted by Gasteiger charge is -2.41. The molecule has 2 aliphatic heterocycles. The summed E-state index contributed by atoms with van der Waals surface area (Å²) in [5.41, 5.74) is -0.417. The van der Waals surface area contributed by atoms with Crippen molar-refractivity contribution in [2.75, 3.05) is 38.6 Å². The maximum absolute atomic E-state index is 12.5. The zero-order valence-corrected chi connectivity index (χ0v) is 12.1. The Labute approximate surface area is 110 Å². The normalized spacial score (nSPS) is 30.2. The van der Waals surface area contributed by atoms with E-state index in [4.69, 9.17) is 4.74 Å². The fraction of sp³-hybridized carbons (Fsp3) is 1.00. The van der Waals surface area contributed by atoms with Gasteiger partial charge in [0.2, 0.25) is 10.0 Å². The smallest absolute Gasteiger partial charge is 0.215 e. The largest absolute Gasteiger partial charge is 0.378 e. The molecule has 0 radical (unpaired) electrons. The molecule has 6 heteroatoms. The Kier molecular flexibility index (Phi) is 4.31. The molecule has 2 saturated heterocycles. The summed E-state index contributed by atoms with van der Waals surface area (Å²) in [4.78, 5) is 0. The molecule has 5 nitrogen and oxygen atoms in total. The Bertz CT molecular complexity index is 375. The average molecular weight is 276 g/mol. The van der Waals surface area contributed by atoms with Crippen LogP contribution in [0.4, 0.5) is 0 Å². The Morgan fingerprint density at radius 2 is 2.22 bits per heavy atom. The third-order valence-corrected chi connectivity index (χ3v) is 5.99. The predicted molar refractivity (Wildman–Crippen MR) is 71.0 cm³/mol. The van der Waals surface area contributed by atoms with E-state index in [1.165, 1.54) is 0 Å². The lowest BCUT2D eigenvalue weighted by atomic mass is 10.0. The van der Waals surface area contributed by atoms with Crippen molar-refractivity contribution >= 4 is 10.0 Å². The van der Waals surface area contributed by atoms with E-state index in [1.807, 2.05) is 13.8 Å². The van der Waals surface area contributed by atoms with Gasteiger partial charge < -0.3 is 10.1 Å². The topological polar surface area (TPSA) is 58.6 Å². The highest BCUT2D eigenvalue weighted by molar-refractivity contribution is 7.89. The summed E-state index contributed by atoms with van der Waals surface area (Å²) in [6.45, 7) is 7.17. The summed E-state index contributed by atoms with van der Waals surface area (Å²) in [5, 5.41) is 3.27. The van der Waals surface area contributed by atoms with E-state index in [0.717, 1.165) is 25.9 Å². The highest BCUT2D eigenvalue weighted by Gasteiger charge is 2.39. The van der Waals surface area contributed by atoms with Crippen LogP contribution in [0.25, 0.3) is 0 Å². The molecule has 1 unspecified atom stereocenters. The maximum Gasteiger partial charge on any atom is 0.215 e. The van der Waals surface area contributed by atoms with Gasteiger partial charge in [-0.05, 0) is 45.7 Å². The lowest BCUT2D eigenvalue weighted by molar-refractivity contribution is -0.00787. The number of sulfonamides is 1. The minimum atomic E-state index is -3.18. The summed E-state index contributed by atoms with van der Waals surface area (Å²) in [7, 11) is -3.18. The Morgan fingerprint density at radius 3 is 2.83 bits per heavy atom. The third-order valence-electron chi connectivity index (χ3n) is 3.75. The third kappa shape index (κ3) is 3.23. The first-order valence-corrected chi connectivity index (χ1v) is 8.32. The molecule has 0 aromatic heterocycles. The first kappa shape index (κ1) is 14.2. The van der Waals surface area contributed by atoms with Gasteiger partial charge in [0.15, 0.2) is 0 Å². The van der Waals surface area contributed by atoms with Crippen molar-refractivity contribution in [2.45, 2.75) is 32.2 Å². The molecule has 2 aliphatic rings. The molecule has 106 valence electrons. The molecule has 0 bridgehead atoms. The van der Waals surface area contributed by atoms with Gasteiger partial charge in [-0.15, -0.1) is 0 Å². The number of nitrogens with zero attached hydrogens (tertiary/aromatic N) is 1. The van der Waals surface area contributed by atoms with E-state index < -0.39 is 15.6 Å². The van der Waals surface area contributed by atoms with Gasteiger partial charge in [-0.3, -0.25) is 0 Å². The van der Waals surface area contributed by atoms with Crippen molar-refractivity contribution < 1.29 is 13.2 Å². The number of morpholine rings is 1. The molecule has 0 spiro atoms. The predicted octanol–water partition coefficient (Wildman–Crippen LogP) is 0.427. The van der Waals surface area contributed by atoms with Crippen LogP contribution in [0.3, 0.4) is 0 Å². The first-order valence-electron chi connectivity index (χ1n) is 6.71. The first-order chi connectivity index (χ1) is 8.42. The monoisotopic (exact) mass is 276 g/mol. The van der Waals surface area contributed by atoms with Gasteiger partial charge in [-0.1, -0.05) is 0 Å². The number of nitrogens with one attached hydrogen (secondary N) is 1. The van der Waals surface area contributed by atoms with E-state index in [0.29, 0.717) is 19.8 Å². The second-order valence-corrected chi connectivity index (χ2v) is 7.87. The molecular formula is C12H24N2O3S. The van der Waals surface area contributed by atoms with Crippen LogP contribution in [0.5, 0.6) is 0 Å². The molecular weight excluding hydrogens is 252 g/mol. The average Bonchev–Trinajstić information content (AvgIpc) is 2.28. The van der Waals surface area contributed by atoms with Gasteiger partial charge >= 0.3 is 0 Å². The van der Waals surface area contributed by atoms with E-state index in [2.05, 4.69) is 5.32 Å². The van der Waals surface area contributed by atoms with Gasteiger partial charge in [-0.2, -0.15) is 4.31 Å². The number of rotatable bonds is 3. The fourth-order valence-corrected chi connectivity index (χ4v) is 5.03. The highest BCUT2D eigenvalue weighted by atomic mass is 32.2. The zero-order chi connectivity index (χ0) is 13.2. The minimum Gasteiger partial charge on any atom is -0.378 e. The summed E-state index contributed by atoms with van der Waals surface area (Å²) < 4.78 is 32.0. The molecule has 0 aromatic rings. The second kappa shape index (κ2) is 5.45. The Morgan fingerprint density at radius 1 is 1.44 bits per heavy atom. The van der Waals surface area contributed by atoms with Crippen LogP contribution in [0.2, 0.25) is 0 Å². The van der Waals surface area contributed by atoms with Crippen LogP contribution >= 0.6 is 0 Å². The molecule has 2 fully saturated rings. The minimum absolute atomic E-state index is 0.252. The molecule has 1 N–H and O–H groups in total. The van der Waals surface area contributed by atoms with Gasteiger partial charge in [0.1, 0.15) is 0 Å². The summed E-state index contributed by atoms with van der Waals surface area (Å²) in [6.07, 6.45) is 2.09. The lowest BCUT2D eigenvalue weighted by Crippen LogP contribution is -2.56. The molecule has 0 amide bonds. The number of hydrogen-bond donors (Lipinski definition) is 1. The van der Waals surface area contributed by atoms with Crippen molar-refractivity contribution in [3.05, 3.63) is 0 Å². The van der Waals surface area contributed by atoms with E-state index >= 15 is 0 Å². The van der Waals surface area contributed by atoms with Crippen LogP contribution in [-0.2, 0) is 14.8 Å². The molecule has 0 aromatic carbocycles. The summed E-state index contributed by atoms with van der Waals surface area (Å²) >= 11 is 0. The van der Waals surface area contributed by atoms with Gasteiger partial charge in [0.25, 0.3) is 0 Å². The maximum atomic E-state index is 12.5. The van der Waals surface area contributed by atoms with Crippen LogP contribution in [0.15, 0.2) is 0 Å². The van der Waals surface area contributed by atoms with Gasteiger partial charge in [0, 0.05) is 6.54 Å². The second-order valence-electron chi connectivity index (χ2n) is 5.93. The summed E-state index contributed by atoms with van der Waals surface area (Å²) in [5.74, 6) is 0.520. The van der Waals surface area contributed by atoms with E-state index in [-0.39, 0.29) is 11.7 Å². The van der Waals surface area contributed by atoms with Crippen LogP contribution in [0.1, 0.15) is 26.7 Å². The molecule has 1 atom stereocenters. The zero-order valence-electron chi connectivity index (χ0n) is 11.3. The molecule has 2 rings (SSSR count). The number of piperidine rings is 1. The van der Waals surface area contributed by atoms with Crippen LogP contribution in [-0.4, -0.2) is 56.9 Å². The van der Waals surface area contributed by atoms with Gasteiger partial charge in [0.05, 0.1) is 24.5 Å². The van der Waals surface area contributed by atoms with Crippen molar-refractivity contribution in [3.63, 3.8) is 0 Å². The van der Waals surface area contributed by atoms with Crippen molar-refractivity contribution in [1.29, 1.82) is 0 Å². The molecule has 0 aliphatic carbocycles. The van der Waals surface area contributed by atoms with E-state index in [1.54, 1.807) is 4.31 Å². The Balaban J connectivity index is 2.04.